The van der Waals surface area contributed by atoms with Crippen LogP contribution >= 0.6 is 0 Å². The monoisotopic (exact) mass is 205 g/mol. The predicted octanol–water partition coefficient (Wildman–Crippen LogP) is 2.26. The number of rotatable bonds is 4. The molecule has 0 saturated carbocycles. The van der Waals surface area contributed by atoms with Crippen LogP contribution < -0.4 is 5.32 Å². The van der Waals surface area contributed by atoms with Gasteiger partial charge in [-0.1, -0.05) is 18.2 Å². The molecule has 0 radical (unpaired) electrons. The Morgan fingerprint density at radius 1 is 1.20 bits per heavy atom. The summed E-state index contributed by atoms with van der Waals surface area (Å²) < 4.78 is 4.97. The molecule has 2 heteroatoms. The molecule has 1 N–H and O–H groups in total. The smallest absolute Gasteiger partial charge is 0.0964 e. The Balaban J connectivity index is 2.00. The molecule has 1 aromatic rings. The van der Waals surface area contributed by atoms with Gasteiger partial charge in [-0.2, -0.15) is 0 Å². The molecular weight excluding hydrogens is 186 g/mol. The third kappa shape index (κ3) is 2.80. The van der Waals surface area contributed by atoms with Crippen molar-refractivity contribution in [2.75, 3.05) is 13.8 Å². The molecule has 0 heterocycles. The lowest BCUT2D eigenvalue weighted by Crippen LogP contribution is -2.16. The van der Waals surface area contributed by atoms with E-state index in [0.717, 1.165) is 6.54 Å². The lowest BCUT2D eigenvalue weighted by atomic mass is 9.90. The topological polar surface area (TPSA) is 21.3 Å². The number of hydrogen-bond acceptors (Lipinski definition) is 2. The summed E-state index contributed by atoms with van der Waals surface area (Å²) in [6.07, 6.45) is 5.23. The normalized spacial score (nSPS) is 15.0. The van der Waals surface area contributed by atoms with Crippen LogP contribution in [0.3, 0.4) is 0 Å². The molecule has 1 aromatic carbocycles. The van der Waals surface area contributed by atoms with E-state index in [1.807, 2.05) is 0 Å². The number of methoxy groups -OCH3 is 1. The lowest BCUT2D eigenvalue weighted by Gasteiger charge is -2.16. The lowest BCUT2D eigenvalue weighted by molar-refractivity contribution is 0.174. The zero-order chi connectivity index (χ0) is 10.5. The third-order valence-electron chi connectivity index (χ3n) is 2.99. The first kappa shape index (κ1) is 10.7. The van der Waals surface area contributed by atoms with Crippen LogP contribution in [-0.2, 0) is 24.1 Å². The molecule has 1 aliphatic rings. The number of benzene rings is 1. The van der Waals surface area contributed by atoms with Crippen LogP contribution in [0.25, 0.3) is 0 Å². The summed E-state index contributed by atoms with van der Waals surface area (Å²) in [5, 5.41) is 3.24. The summed E-state index contributed by atoms with van der Waals surface area (Å²) in [5.74, 6) is 0. The van der Waals surface area contributed by atoms with Crippen molar-refractivity contribution in [1.82, 2.24) is 5.32 Å². The SMILES string of the molecule is COCNCc1ccc2c(c1)CCCC2. The van der Waals surface area contributed by atoms with E-state index in [0.29, 0.717) is 6.73 Å². The maximum absolute atomic E-state index is 4.97. The molecule has 15 heavy (non-hydrogen) atoms. The second-order valence-electron chi connectivity index (χ2n) is 4.17. The average Bonchev–Trinajstić information content (AvgIpc) is 2.29. The molecular formula is C13H19NO. The molecule has 2 nitrogen and oxygen atoms in total. The number of aryl methyl sites for hydroxylation is 2. The zero-order valence-corrected chi connectivity index (χ0v) is 9.38. The fraction of sp³-hybridized carbons (Fsp3) is 0.538. The van der Waals surface area contributed by atoms with E-state index in [1.165, 1.54) is 31.2 Å². The molecule has 82 valence electrons. The molecule has 2 rings (SSSR count). The molecule has 0 saturated heterocycles. The highest BCUT2D eigenvalue weighted by atomic mass is 16.5. The number of ether oxygens (including phenoxy) is 1. The van der Waals surface area contributed by atoms with Gasteiger partial charge in [0.05, 0.1) is 6.73 Å². The highest BCUT2D eigenvalue weighted by Gasteiger charge is 2.08. The van der Waals surface area contributed by atoms with Crippen LogP contribution in [0.5, 0.6) is 0 Å². The standard InChI is InChI=1S/C13H19NO/c1-15-10-14-9-11-6-7-12-4-2-3-5-13(12)8-11/h6-8,14H,2-5,9-10H2,1H3. The molecule has 0 aromatic heterocycles. The van der Waals surface area contributed by atoms with Crippen LogP contribution in [-0.4, -0.2) is 13.8 Å². The third-order valence-corrected chi connectivity index (χ3v) is 2.99. The van der Waals surface area contributed by atoms with Crippen molar-refractivity contribution < 1.29 is 4.74 Å². The van der Waals surface area contributed by atoms with Gasteiger partial charge in [-0.3, -0.25) is 5.32 Å². The van der Waals surface area contributed by atoms with Crippen LogP contribution in [0.15, 0.2) is 18.2 Å². The van der Waals surface area contributed by atoms with E-state index in [-0.39, 0.29) is 0 Å². The minimum absolute atomic E-state index is 0.622. The van der Waals surface area contributed by atoms with E-state index in [1.54, 1.807) is 18.2 Å². The first-order valence-electron chi connectivity index (χ1n) is 5.70. The number of nitrogens with one attached hydrogen (secondary N) is 1. The van der Waals surface area contributed by atoms with Gasteiger partial charge in [0, 0.05) is 13.7 Å². The number of hydrogen-bond donors (Lipinski definition) is 1. The van der Waals surface area contributed by atoms with E-state index in [9.17, 15) is 0 Å². The Morgan fingerprint density at radius 2 is 2.00 bits per heavy atom. The molecule has 0 fully saturated rings. The van der Waals surface area contributed by atoms with Gasteiger partial charge in [0.2, 0.25) is 0 Å². The average molecular weight is 205 g/mol. The summed E-state index contributed by atoms with van der Waals surface area (Å²) in [7, 11) is 1.71. The quantitative estimate of drug-likeness (QED) is 0.601. The van der Waals surface area contributed by atoms with Crippen LogP contribution in [0, 0.1) is 0 Å². The van der Waals surface area contributed by atoms with Gasteiger partial charge in [0.1, 0.15) is 0 Å². The van der Waals surface area contributed by atoms with E-state index < -0.39 is 0 Å². The summed E-state index contributed by atoms with van der Waals surface area (Å²) in [5.41, 5.74) is 4.47. The Morgan fingerprint density at radius 3 is 2.80 bits per heavy atom. The van der Waals surface area contributed by atoms with Gasteiger partial charge >= 0.3 is 0 Å². The minimum atomic E-state index is 0.622. The van der Waals surface area contributed by atoms with Crippen molar-refractivity contribution in [3.05, 3.63) is 34.9 Å². The van der Waals surface area contributed by atoms with Crippen LogP contribution in [0.2, 0.25) is 0 Å². The summed E-state index contributed by atoms with van der Waals surface area (Å²) in [6, 6.07) is 6.86. The molecule has 0 atom stereocenters. The highest BCUT2D eigenvalue weighted by molar-refractivity contribution is 5.33. The summed E-state index contributed by atoms with van der Waals surface area (Å²) in [6.45, 7) is 1.53. The van der Waals surface area contributed by atoms with Crippen molar-refractivity contribution in [1.29, 1.82) is 0 Å². The first-order valence-corrected chi connectivity index (χ1v) is 5.70. The molecule has 1 aliphatic carbocycles. The van der Waals surface area contributed by atoms with Gasteiger partial charge < -0.3 is 4.74 Å². The largest absolute Gasteiger partial charge is 0.370 e. The first-order chi connectivity index (χ1) is 7.40. The van der Waals surface area contributed by atoms with Gasteiger partial charge in [0.15, 0.2) is 0 Å². The van der Waals surface area contributed by atoms with Crippen LogP contribution in [0.1, 0.15) is 29.5 Å². The van der Waals surface area contributed by atoms with E-state index >= 15 is 0 Å². The van der Waals surface area contributed by atoms with Crippen molar-refractivity contribution in [2.24, 2.45) is 0 Å². The fourth-order valence-corrected chi connectivity index (χ4v) is 2.19. The van der Waals surface area contributed by atoms with Crippen molar-refractivity contribution in [3.63, 3.8) is 0 Å². The fourth-order valence-electron chi connectivity index (χ4n) is 2.19. The maximum atomic E-state index is 4.97. The molecule has 0 unspecified atom stereocenters. The highest BCUT2D eigenvalue weighted by Crippen LogP contribution is 2.22. The molecule has 0 amide bonds. The zero-order valence-electron chi connectivity index (χ0n) is 9.38. The predicted molar refractivity (Wildman–Crippen MR) is 61.8 cm³/mol. The van der Waals surface area contributed by atoms with E-state index in [4.69, 9.17) is 4.74 Å². The number of fused-ring (bicyclic) bond motifs is 1. The Kier molecular flexibility index (Phi) is 3.75. The van der Waals surface area contributed by atoms with E-state index in [2.05, 4.69) is 23.5 Å². The van der Waals surface area contributed by atoms with Gasteiger partial charge in [-0.25, -0.2) is 0 Å². The van der Waals surface area contributed by atoms with Gasteiger partial charge in [-0.05, 0) is 42.4 Å². The Bertz CT molecular complexity index is 322. The van der Waals surface area contributed by atoms with Gasteiger partial charge in [0.25, 0.3) is 0 Å². The second kappa shape index (κ2) is 5.29. The van der Waals surface area contributed by atoms with Crippen molar-refractivity contribution in [2.45, 2.75) is 32.2 Å². The summed E-state index contributed by atoms with van der Waals surface area (Å²) >= 11 is 0. The molecule has 0 spiro atoms. The second-order valence-corrected chi connectivity index (χ2v) is 4.17. The van der Waals surface area contributed by atoms with Crippen molar-refractivity contribution in [3.8, 4) is 0 Å². The molecule has 0 bridgehead atoms. The van der Waals surface area contributed by atoms with Crippen molar-refractivity contribution >= 4 is 0 Å². The minimum Gasteiger partial charge on any atom is -0.370 e. The Hall–Kier alpha value is -0.860. The maximum Gasteiger partial charge on any atom is 0.0964 e. The van der Waals surface area contributed by atoms with Crippen LogP contribution in [0.4, 0.5) is 0 Å². The molecule has 0 aliphatic heterocycles. The Labute approximate surface area is 91.6 Å². The van der Waals surface area contributed by atoms with Gasteiger partial charge in [-0.15, -0.1) is 0 Å². The summed E-state index contributed by atoms with van der Waals surface area (Å²) in [4.78, 5) is 0.